The van der Waals surface area contributed by atoms with Crippen LogP contribution in [-0.4, -0.2) is 79.6 Å². The third-order valence-corrected chi connectivity index (χ3v) is 7.52. The molecule has 0 radical (unpaired) electrons. The van der Waals surface area contributed by atoms with Gasteiger partial charge in [0.05, 0.1) is 0 Å². The van der Waals surface area contributed by atoms with Gasteiger partial charge in [0.1, 0.15) is 0 Å². The van der Waals surface area contributed by atoms with Gasteiger partial charge in [0.2, 0.25) is 0 Å². The van der Waals surface area contributed by atoms with Gasteiger partial charge < -0.3 is 15.1 Å². The van der Waals surface area contributed by atoms with Crippen LogP contribution < -0.4 is 5.32 Å². The molecular weight excluding hydrogens is 370 g/mol. The van der Waals surface area contributed by atoms with Gasteiger partial charge in [-0.25, -0.2) is 0 Å². The van der Waals surface area contributed by atoms with Gasteiger partial charge in [-0.3, -0.25) is 9.89 Å². The molecule has 3 fully saturated rings. The summed E-state index contributed by atoms with van der Waals surface area (Å²) in [5.74, 6) is 2.64. The van der Waals surface area contributed by atoms with Gasteiger partial charge in [0.15, 0.2) is 5.96 Å². The smallest absolute Gasteiger partial charge is 0.193 e. The molecule has 3 heterocycles. The lowest BCUT2D eigenvalue weighted by Gasteiger charge is -2.48. The zero-order valence-corrected chi connectivity index (χ0v) is 19.1. The summed E-state index contributed by atoms with van der Waals surface area (Å²) in [4.78, 5) is 12.5. The van der Waals surface area contributed by atoms with Crippen LogP contribution in [0.1, 0.15) is 44.6 Å². The molecule has 1 N–H and O–H groups in total. The molecule has 166 valence electrons. The zero-order chi connectivity index (χ0) is 20.8. The Morgan fingerprint density at radius 3 is 2.67 bits per heavy atom. The maximum Gasteiger partial charge on any atom is 0.193 e. The Balaban J connectivity index is 1.30. The van der Waals surface area contributed by atoms with Gasteiger partial charge in [-0.1, -0.05) is 37.3 Å². The maximum absolute atomic E-state index is 4.66. The molecule has 3 aliphatic rings. The summed E-state index contributed by atoms with van der Waals surface area (Å²) in [6.07, 6.45) is 6.62. The summed E-state index contributed by atoms with van der Waals surface area (Å²) in [5, 5.41) is 3.74. The Labute approximate surface area is 183 Å². The predicted octanol–water partition coefficient (Wildman–Crippen LogP) is 3.28. The number of likely N-dealkylation sites (tertiary alicyclic amines) is 3. The highest BCUT2D eigenvalue weighted by Crippen LogP contribution is 2.31. The van der Waals surface area contributed by atoms with E-state index in [-0.39, 0.29) is 0 Å². The fourth-order valence-electron chi connectivity index (χ4n) is 5.89. The fourth-order valence-corrected chi connectivity index (χ4v) is 5.89. The summed E-state index contributed by atoms with van der Waals surface area (Å²) in [5.41, 5.74) is 1.45. The quantitative estimate of drug-likeness (QED) is 0.596. The summed E-state index contributed by atoms with van der Waals surface area (Å²) in [7, 11) is 1.95. The minimum atomic E-state index is 0.727. The van der Waals surface area contributed by atoms with E-state index in [1.807, 2.05) is 7.05 Å². The second-order valence-corrected chi connectivity index (χ2v) is 9.49. The first kappa shape index (κ1) is 21.6. The van der Waals surface area contributed by atoms with Crippen LogP contribution in [0.2, 0.25) is 0 Å². The van der Waals surface area contributed by atoms with Gasteiger partial charge in [-0.2, -0.15) is 0 Å². The van der Waals surface area contributed by atoms with Gasteiger partial charge >= 0.3 is 0 Å². The second kappa shape index (κ2) is 10.6. The van der Waals surface area contributed by atoms with Gasteiger partial charge in [0.25, 0.3) is 0 Å². The molecule has 4 rings (SSSR count). The molecule has 0 bridgehead atoms. The van der Waals surface area contributed by atoms with Crippen LogP contribution in [0.4, 0.5) is 0 Å². The van der Waals surface area contributed by atoms with Crippen molar-refractivity contribution in [2.45, 2.75) is 51.6 Å². The third kappa shape index (κ3) is 5.36. The summed E-state index contributed by atoms with van der Waals surface area (Å²) in [6.45, 7) is 11.7. The van der Waals surface area contributed by atoms with Crippen LogP contribution in [0.15, 0.2) is 35.3 Å². The van der Waals surface area contributed by atoms with Crippen LogP contribution in [-0.2, 0) is 6.54 Å². The summed E-state index contributed by atoms with van der Waals surface area (Å²) in [6, 6.07) is 11.7. The largest absolute Gasteiger partial charge is 0.356 e. The highest BCUT2D eigenvalue weighted by molar-refractivity contribution is 5.80. The van der Waals surface area contributed by atoms with Crippen LogP contribution in [0.25, 0.3) is 0 Å². The lowest BCUT2D eigenvalue weighted by atomic mass is 9.83. The van der Waals surface area contributed by atoms with E-state index in [9.17, 15) is 0 Å². The number of piperidine rings is 3. The number of fused-ring (bicyclic) bond motifs is 1. The lowest BCUT2D eigenvalue weighted by molar-refractivity contribution is 0.0371. The average Bonchev–Trinajstić information content (AvgIpc) is 2.80. The van der Waals surface area contributed by atoms with E-state index in [2.05, 4.69) is 62.3 Å². The van der Waals surface area contributed by atoms with E-state index in [1.165, 1.54) is 63.8 Å². The summed E-state index contributed by atoms with van der Waals surface area (Å²) >= 11 is 0. The van der Waals surface area contributed by atoms with Crippen molar-refractivity contribution in [3.8, 4) is 0 Å². The zero-order valence-electron chi connectivity index (χ0n) is 19.1. The molecule has 30 heavy (non-hydrogen) atoms. The second-order valence-electron chi connectivity index (χ2n) is 9.49. The number of hydrogen-bond acceptors (Lipinski definition) is 3. The van der Waals surface area contributed by atoms with Crippen LogP contribution >= 0.6 is 0 Å². The predicted molar refractivity (Wildman–Crippen MR) is 126 cm³/mol. The standard InChI is InChI=1S/C25H41N5/c1-3-28-14-7-11-22(18-28)17-27-25(26-2)30-16-13-24-23(20-30)12-8-15-29(24)19-21-9-5-4-6-10-21/h4-6,9-10,22-24H,3,7-8,11-20H2,1-2H3,(H,26,27). The van der Waals surface area contributed by atoms with Crippen LogP contribution in [0.5, 0.6) is 0 Å². The first-order valence-corrected chi connectivity index (χ1v) is 12.2. The molecule has 3 atom stereocenters. The molecule has 1 aromatic carbocycles. The molecule has 5 heteroatoms. The van der Waals surface area contributed by atoms with Crippen molar-refractivity contribution in [2.75, 3.05) is 52.9 Å². The topological polar surface area (TPSA) is 34.1 Å². The maximum atomic E-state index is 4.66. The molecule has 1 aromatic rings. The Bertz CT molecular complexity index is 675. The number of guanidine groups is 1. The minimum absolute atomic E-state index is 0.727. The third-order valence-electron chi connectivity index (χ3n) is 7.52. The van der Waals surface area contributed by atoms with Crippen LogP contribution in [0.3, 0.4) is 0 Å². The van der Waals surface area contributed by atoms with Crippen molar-refractivity contribution < 1.29 is 0 Å². The van der Waals surface area contributed by atoms with Gasteiger partial charge in [-0.05, 0) is 69.1 Å². The van der Waals surface area contributed by atoms with E-state index in [0.29, 0.717) is 0 Å². The monoisotopic (exact) mass is 411 g/mol. The van der Waals surface area contributed by atoms with E-state index in [4.69, 9.17) is 0 Å². The average molecular weight is 412 g/mol. The van der Waals surface area contributed by atoms with E-state index in [0.717, 1.165) is 50.0 Å². The Morgan fingerprint density at radius 2 is 1.87 bits per heavy atom. The van der Waals surface area contributed by atoms with Crippen molar-refractivity contribution in [1.82, 2.24) is 20.0 Å². The molecule has 0 aromatic heterocycles. The highest BCUT2D eigenvalue weighted by atomic mass is 15.3. The number of benzene rings is 1. The first-order valence-electron chi connectivity index (χ1n) is 12.2. The Hall–Kier alpha value is -1.59. The Morgan fingerprint density at radius 1 is 1.03 bits per heavy atom. The molecule has 3 unspecified atom stereocenters. The number of hydrogen-bond donors (Lipinski definition) is 1. The number of aliphatic imine (C=N–C) groups is 1. The first-order chi connectivity index (χ1) is 14.8. The van der Waals surface area contributed by atoms with E-state index < -0.39 is 0 Å². The lowest BCUT2D eigenvalue weighted by Crippen LogP contribution is -2.57. The number of nitrogens with zero attached hydrogens (tertiary/aromatic N) is 4. The van der Waals surface area contributed by atoms with Gasteiger partial charge in [-0.15, -0.1) is 0 Å². The Kier molecular flexibility index (Phi) is 7.67. The number of rotatable bonds is 5. The fraction of sp³-hybridized carbons (Fsp3) is 0.720. The molecule has 0 aliphatic carbocycles. The van der Waals surface area contributed by atoms with Crippen molar-refractivity contribution in [2.24, 2.45) is 16.8 Å². The molecule has 0 amide bonds. The molecule has 0 saturated carbocycles. The van der Waals surface area contributed by atoms with Gasteiger partial charge in [0, 0.05) is 45.8 Å². The number of nitrogens with one attached hydrogen (secondary N) is 1. The molecule has 0 spiro atoms. The van der Waals surface area contributed by atoms with Crippen LogP contribution in [0, 0.1) is 11.8 Å². The minimum Gasteiger partial charge on any atom is -0.356 e. The normalized spacial score (nSPS) is 28.9. The molecule has 3 saturated heterocycles. The molecule has 5 nitrogen and oxygen atoms in total. The molecule has 3 aliphatic heterocycles. The summed E-state index contributed by atoms with van der Waals surface area (Å²) < 4.78 is 0. The highest BCUT2D eigenvalue weighted by Gasteiger charge is 2.36. The van der Waals surface area contributed by atoms with Crippen molar-refractivity contribution >= 4 is 5.96 Å². The van der Waals surface area contributed by atoms with E-state index >= 15 is 0 Å². The molecular formula is C25H41N5. The SMILES string of the molecule is CCN1CCCC(CNC(=NC)N2CCC3C(CCCN3Cc3ccccc3)C2)C1. The van der Waals surface area contributed by atoms with Crippen molar-refractivity contribution in [1.29, 1.82) is 0 Å². The van der Waals surface area contributed by atoms with Crippen molar-refractivity contribution in [3.05, 3.63) is 35.9 Å². The van der Waals surface area contributed by atoms with E-state index in [1.54, 1.807) is 0 Å². The van der Waals surface area contributed by atoms with Crippen molar-refractivity contribution in [3.63, 3.8) is 0 Å².